The molecule has 4 heteroatoms. The predicted molar refractivity (Wildman–Crippen MR) is 79.9 cm³/mol. The predicted octanol–water partition coefficient (Wildman–Crippen LogP) is 2.67. The van der Waals surface area contributed by atoms with Crippen molar-refractivity contribution in [3.8, 4) is 0 Å². The highest BCUT2D eigenvalue weighted by molar-refractivity contribution is 6.33. The van der Waals surface area contributed by atoms with Crippen LogP contribution in [0.5, 0.6) is 0 Å². The zero-order chi connectivity index (χ0) is 14.4. The lowest BCUT2D eigenvalue weighted by Gasteiger charge is -2.12. The highest BCUT2D eigenvalue weighted by Gasteiger charge is 2.11. The minimum atomic E-state index is -0.621. The number of hydrogen-bond donors (Lipinski definition) is 2. The zero-order valence-electron chi connectivity index (χ0n) is 10.9. The number of halogens is 1. The molecular weight excluding hydrogens is 274 g/mol. The van der Waals surface area contributed by atoms with Gasteiger partial charge in [0, 0.05) is 13.0 Å². The lowest BCUT2D eigenvalue weighted by atomic mass is 10.1. The summed E-state index contributed by atoms with van der Waals surface area (Å²) in [6.07, 6.45) is -0.118. The quantitative estimate of drug-likeness (QED) is 0.889. The second kappa shape index (κ2) is 7.08. The first-order chi connectivity index (χ1) is 9.66. The Labute approximate surface area is 123 Å². The number of hydrogen-bond acceptors (Lipinski definition) is 2. The van der Waals surface area contributed by atoms with E-state index in [9.17, 15) is 9.90 Å². The number of benzene rings is 2. The Morgan fingerprint density at radius 2 is 1.75 bits per heavy atom. The molecule has 20 heavy (non-hydrogen) atoms. The fraction of sp³-hybridized carbons (Fsp3) is 0.188. The van der Waals surface area contributed by atoms with Crippen LogP contribution in [-0.2, 0) is 6.42 Å². The van der Waals surface area contributed by atoms with Crippen LogP contribution >= 0.6 is 11.6 Å². The first-order valence-corrected chi connectivity index (χ1v) is 6.79. The van der Waals surface area contributed by atoms with E-state index in [-0.39, 0.29) is 12.5 Å². The molecule has 1 amide bonds. The maximum atomic E-state index is 11.9. The number of nitrogens with one attached hydrogen (secondary N) is 1. The Bertz CT molecular complexity index is 572. The summed E-state index contributed by atoms with van der Waals surface area (Å²) in [5.41, 5.74) is 1.45. The number of aliphatic hydroxyl groups excluding tert-OH is 1. The Kier molecular flexibility index (Phi) is 5.16. The second-order valence-electron chi connectivity index (χ2n) is 4.53. The average Bonchev–Trinajstić information content (AvgIpc) is 2.46. The van der Waals surface area contributed by atoms with Gasteiger partial charge in [-0.3, -0.25) is 4.79 Å². The maximum absolute atomic E-state index is 11.9. The van der Waals surface area contributed by atoms with Gasteiger partial charge in [-0.05, 0) is 17.7 Å². The summed E-state index contributed by atoms with van der Waals surface area (Å²) in [6.45, 7) is 0.193. The van der Waals surface area contributed by atoms with Crippen LogP contribution in [0.1, 0.15) is 15.9 Å². The van der Waals surface area contributed by atoms with Crippen LogP contribution in [0.4, 0.5) is 0 Å². The summed E-state index contributed by atoms with van der Waals surface area (Å²) in [6, 6.07) is 16.5. The molecule has 104 valence electrons. The number of aliphatic hydroxyl groups is 1. The summed E-state index contributed by atoms with van der Waals surface area (Å²) in [4.78, 5) is 11.9. The van der Waals surface area contributed by atoms with E-state index in [1.165, 1.54) is 0 Å². The second-order valence-corrected chi connectivity index (χ2v) is 4.94. The van der Waals surface area contributed by atoms with Gasteiger partial charge in [-0.25, -0.2) is 0 Å². The Morgan fingerprint density at radius 3 is 2.45 bits per heavy atom. The maximum Gasteiger partial charge on any atom is 0.252 e. The van der Waals surface area contributed by atoms with Crippen molar-refractivity contribution in [1.29, 1.82) is 0 Å². The first-order valence-electron chi connectivity index (χ1n) is 6.41. The van der Waals surface area contributed by atoms with Crippen molar-refractivity contribution in [2.24, 2.45) is 0 Å². The van der Waals surface area contributed by atoms with E-state index in [1.54, 1.807) is 24.3 Å². The van der Waals surface area contributed by atoms with Gasteiger partial charge in [0.1, 0.15) is 0 Å². The number of carbonyl (C=O) groups is 1. The minimum Gasteiger partial charge on any atom is -0.391 e. The summed E-state index contributed by atoms with van der Waals surface area (Å²) in [5, 5.41) is 13.0. The first kappa shape index (κ1) is 14.6. The number of carbonyl (C=O) groups excluding carboxylic acids is 1. The van der Waals surface area contributed by atoms with Crippen molar-refractivity contribution >= 4 is 17.5 Å². The molecule has 0 unspecified atom stereocenters. The molecule has 0 aliphatic rings. The van der Waals surface area contributed by atoms with Gasteiger partial charge in [0.25, 0.3) is 5.91 Å². The van der Waals surface area contributed by atoms with Gasteiger partial charge in [0.05, 0.1) is 16.7 Å². The van der Waals surface area contributed by atoms with Gasteiger partial charge < -0.3 is 10.4 Å². The van der Waals surface area contributed by atoms with E-state index in [0.717, 1.165) is 5.56 Å². The Hall–Kier alpha value is -1.84. The zero-order valence-corrected chi connectivity index (χ0v) is 11.7. The fourth-order valence-electron chi connectivity index (χ4n) is 1.91. The standard InChI is InChI=1S/C16H16ClNO2/c17-15-9-5-4-8-14(15)16(20)18-11-13(19)10-12-6-2-1-3-7-12/h1-9,13,19H,10-11H2,(H,18,20)/t13-/m1/s1. The van der Waals surface area contributed by atoms with E-state index < -0.39 is 6.10 Å². The molecule has 0 aliphatic carbocycles. The fourth-order valence-corrected chi connectivity index (χ4v) is 2.13. The van der Waals surface area contributed by atoms with Gasteiger partial charge in [-0.15, -0.1) is 0 Å². The van der Waals surface area contributed by atoms with Gasteiger partial charge in [0.2, 0.25) is 0 Å². The molecule has 0 spiro atoms. The number of rotatable bonds is 5. The van der Waals surface area contributed by atoms with Crippen molar-refractivity contribution in [2.45, 2.75) is 12.5 Å². The average molecular weight is 290 g/mol. The lowest BCUT2D eigenvalue weighted by molar-refractivity contribution is 0.0916. The van der Waals surface area contributed by atoms with Crippen molar-refractivity contribution < 1.29 is 9.90 Å². The van der Waals surface area contributed by atoms with Crippen LogP contribution in [0.3, 0.4) is 0 Å². The van der Waals surface area contributed by atoms with Gasteiger partial charge in [0.15, 0.2) is 0 Å². The van der Waals surface area contributed by atoms with Crippen LogP contribution in [0.25, 0.3) is 0 Å². The summed E-state index contributed by atoms with van der Waals surface area (Å²) >= 11 is 5.94. The summed E-state index contributed by atoms with van der Waals surface area (Å²) < 4.78 is 0. The van der Waals surface area contributed by atoms with Gasteiger partial charge in [-0.1, -0.05) is 54.1 Å². The Balaban J connectivity index is 1.86. The molecular formula is C16H16ClNO2. The molecule has 0 radical (unpaired) electrons. The molecule has 2 aromatic carbocycles. The highest BCUT2D eigenvalue weighted by atomic mass is 35.5. The monoisotopic (exact) mass is 289 g/mol. The molecule has 1 atom stereocenters. The van der Waals surface area contributed by atoms with Crippen LogP contribution in [-0.4, -0.2) is 23.7 Å². The largest absolute Gasteiger partial charge is 0.391 e. The van der Waals surface area contributed by atoms with E-state index in [0.29, 0.717) is 17.0 Å². The molecule has 3 nitrogen and oxygen atoms in total. The normalized spacial score (nSPS) is 11.9. The molecule has 0 saturated carbocycles. The van der Waals surface area contributed by atoms with Crippen LogP contribution in [0.2, 0.25) is 5.02 Å². The molecule has 0 aliphatic heterocycles. The number of amides is 1. The van der Waals surface area contributed by atoms with Crippen LogP contribution in [0.15, 0.2) is 54.6 Å². The topological polar surface area (TPSA) is 49.3 Å². The van der Waals surface area contributed by atoms with E-state index in [4.69, 9.17) is 11.6 Å². The van der Waals surface area contributed by atoms with Crippen molar-refractivity contribution in [3.05, 3.63) is 70.7 Å². The molecule has 0 heterocycles. The minimum absolute atomic E-state index is 0.193. The van der Waals surface area contributed by atoms with Gasteiger partial charge in [-0.2, -0.15) is 0 Å². The SMILES string of the molecule is O=C(NC[C@H](O)Cc1ccccc1)c1ccccc1Cl. The molecule has 2 rings (SSSR count). The molecule has 0 fully saturated rings. The molecule has 2 N–H and O–H groups in total. The molecule has 0 saturated heterocycles. The molecule has 2 aromatic rings. The van der Waals surface area contributed by atoms with E-state index >= 15 is 0 Å². The van der Waals surface area contributed by atoms with E-state index in [1.807, 2.05) is 30.3 Å². The van der Waals surface area contributed by atoms with Crippen LogP contribution in [0, 0.1) is 0 Å². The van der Waals surface area contributed by atoms with Crippen molar-refractivity contribution in [1.82, 2.24) is 5.32 Å². The third-order valence-corrected chi connectivity index (χ3v) is 3.26. The summed E-state index contributed by atoms with van der Waals surface area (Å²) in [5.74, 6) is -0.275. The smallest absolute Gasteiger partial charge is 0.252 e. The van der Waals surface area contributed by atoms with Gasteiger partial charge >= 0.3 is 0 Å². The third kappa shape index (κ3) is 4.08. The molecule has 0 bridgehead atoms. The van der Waals surface area contributed by atoms with E-state index in [2.05, 4.69) is 5.32 Å². The summed E-state index contributed by atoms with van der Waals surface area (Å²) in [7, 11) is 0. The Morgan fingerprint density at radius 1 is 1.10 bits per heavy atom. The van der Waals surface area contributed by atoms with Crippen molar-refractivity contribution in [2.75, 3.05) is 6.54 Å². The lowest BCUT2D eigenvalue weighted by Crippen LogP contribution is -2.33. The van der Waals surface area contributed by atoms with Crippen LogP contribution < -0.4 is 5.32 Å². The molecule has 0 aromatic heterocycles. The highest BCUT2D eigenvalue weighted by Crippen LogP contribution is 2.14. The van der Waals surface area contributed by atoms with Crippen molar-refractivity contribution in [3.63, 3.8) is 0 Å². The third-order valence-electron chi connectivity index (χ3n) is 2.93.